The Labute approximate surface area is 95.6 Å². The lowest BCUT2D eigenvalue weighted by Crippen LogP contribution is -2.37. The van der Waals surface area contributed by atoms with Crippen LogP contribution in [-0.2, 0) is 0 Å². The van der Waals surface area contributed by atoms with Gasteiger partial charge < -0.3 is 5.01 Å². The van der Waals surface area contributed by atoms with Crippen molar-refractivity contribution in [3.8, 4) is 0 Å². The van der Waals surface area contributed by atoms with Crippen LogP contribution in [0.2, 0.25) is 5.15 Å². The molecule has 0 bridgehead atoms. The Bertz CT molecular complexity index is 348. The molecule has 0 saturated carbocycles. The van der Waals surface area contributed by atoms with Gasteiger partial charge in [0.25, 0.3) is 0 Å². The van der Waals surface area contributed by atoms with Gasteiger partial charge in [-0.25, -0.2) is 9.99 Å². The number of anilines is 1. The third-order valence-electron chi connectivity index (χ3n) is 2.88. The molecule has 0 aliphatic carbocycles. The maximum atomic E-state index is 5.90. The van der Waals surface area contributed by atoms with Gasteiger partial charge in [-0.05, 0) is 31.4 Å². The topological polar surface area (TPSA) is 19.4 Å². The van der Waals surface area contributed by atoms with Gasteiger partial charge in [0.15, 0.2) is 0 Å². The molecule has 1 aromatic rings. The molecule has 3 nitrogen and oxygen atoms in total. The molecule has 1 saturated heterocycles. The van der Waals surface area contributed by atoms with Crippen LogP contribution in [0, 0.1) is 6.92 Å². The summed E-state index contributed by atoms with van der Waals surface area (Å²) in [5.74, 6) is 0. The predicted octanol–water partition coefficient (Wildman–Crippen LogP) is 2.49. The number of hydrogen-bond acceptors (Lipinski definition) is 3. The van der Waals surface area contributed by atoms with Gasteiger partial charge in [-0.1, -0.05) is 11.6 Å². The van der Waals surface area contributed by atoms with Crippen molar-refractivity contribution in [2.75, 3.05) is 25.1 Å². The SMILES string of the molecule is Cc1cc(N(C)N2CCCC2)cnc1Cl. The number of rotatable bonds is 2. The lowest BCUT2D eigenvalue weighted by molar-refractivity contribution is 0.328. The maximum Gasteiger partial charge on any atom is 0.132 e. The summed E-state index contributed by atoms with van der Waals surface area (Å²) >= 11 is 5.90. The van der Waals surface area contributed by atoms with Gasteiger partial charge in [0.1, 0.15) is 5.15 Å². The van der Waals surface area contributed by atoms with Crippen molar-refractivity contribution in [3.63, 3.8) is 0 Å². The van der Waals surface area contributed by atoms with Crippen LogP contribution in [0.4, 0.5) is 5.69 Å². The minimum absolute atomic E-state index is 0.591. The zero-order valence-electron chi connectivity index (χ0n) is 9.20. The van der Waals surface area contributed by atoms with Gasteiger partial charge in [0.05, 0.1) is 11.9 Å². The average molecular weight is 226 g/mol. The number of pyridine rings is 1. The van der Waals surface area contributed by atoms with Crippen LogP contribution >= 0.6 is 11.6 Å². The Morgan fingerprint density at radius 2 is 2.07 bits per heavy atom. The molecule has 1 aliphatic heterocycles. The van der Waals surface area contributed by atoms with Gasteiger partial charge in [-0.15, -0.1) is 0 Å². The Morgan fingerprint density at radius 1 is 1.40 bits per heavy atom. The predicted molar refractivity (Wildman–Crippen MR) is 63.2 cm³/mol. The first-order valence-corrected chi connectivity index (χ1v) is 5.67. The second kappa shape index (κ2) is 4.37. The number of aryl methyl sites for hydroxylation is 1. The van der Waals surface area contributed by atoms with Gasteiger partial charge in [0.2, 0.25) is 0 Å². The summed E-state index contributed by atoms with van der Waals surface area (Å²) < 4.78 is 0. The Balaban J connectivity index is 2.17. The van der Waals surface area contributed by atoms with Gasteiger partial charge in [0, 0.05) is 20.1 Å². The summed E-state index contributed by atoms with van der Waals surface area (Å²) in [4.78, 5) is 4.17. The van der Waals surface area contributed by atoms with E-state index in [1.165, 1.54) is 12.8 Å². The van der Waals surface area contributed by atoms with Crippen LogP contribution in [0.25, 0.3) is 0 Å². The standard InChI is InChI=1S/C11H16ClN3/c1-9-7-10(8-13-11(9)12)14(2)15-5-3-4-6-15/h7-8H,3-6H2,1-2H3. The summed E-state index contributed by atoms with van der Waals surface area (Å²) in [6.07, 6.45) is 4.39. The van der Waals surface area contributed by atoms with Gasteiger partial charge in [-0.2, -0.15) is 0 Å². The van der Waals surface area contributed by atoms with Crippen molar-refractivity contribution >= 4 is 17.3 Å². The molecule has 1 aliphatic rings. The molecule has 2 heterocycles. The summed E-state index contributed by atoms with van der Waals surface area (Å²) in [6.45, 7) is 4.26. The molecule has 1 fully saturated rings. The molecular weight excluding hydrogens is 210 g/mol. The molecule has 1 aromatic heterocycles. The third-order valence-corrected chi connectivity index (χ3v) is 3.28. The van der Waals surface area contributed by atoms with Gasteiger partial charge in [-0.3, -0.25) is 0 Å². The molecule has 4 heteroatoms. The van der Waals surface area contributed by atoms with Crippen molar-refractivity contribution in [2.45, 2.75) is 19.8 Å². The lowest BCUT2D eigenvalue weighted by Gasteiger charge is -2.29. The zero-order chi connectivity index (χ0) is 10.8. The van der Waals surface area contributed by atoms with Crippen molar-refractivity contribution in [1.82, 2.24) is 9.99 Å². The van der Waals surface area contributed by atoms with E-state index in [0.717, 1.165) is 24.3 Å². The van der Waals surface area contributed by atoms with Crippen LogP contribution in [0.5, 0.6) is 0 Å². The minimum atomic E-state index is 0.591. The number of aromatic nitrogens is 1. The van der Waals surface area contributed by atoms with Crippen LogP contribution in [0.15, 0.2) is 12.3 Å². The molecule has 82 valence electrons. The largest absolute Gasteiger partial charge is 0.307 e. The van der Waals surface area contributed by atoms with Crippen molar-refractivity contribution in [1.29, 1.82) is 0 Å². The van der Waals surface area contributed by atoms with Crippen molar-refractivity contribution in [2.24, 2.45) is 0 Å². The second-order valence-electron chi connectivity index (χ2n) is 3.99. The zero-order valence-corrected chi connectivity index (χ0v) is 9.96. The highest BCUT2D eigenvalue weighted by Crippen LogP contribution is 2.21. The second-order valence-corrected chi connectivity index (χ2v) is 4.34. The van der Waals surface area contributed by atoms with E-state index in [1.54, 1.807) is 0 Å². The average Bonchev–Trinajstić information content (AvgIpc) is 2.74. The van der Waals surface area contributed by atoms with E-state index in [9.17, 15) is 0 Å². The first-order chi connectivity index (χ1) is 7.18. The van der Waals surface area contributed by atoms with E-state index in [1.807, 2.05) is 13.1 Å². The first kappa shape index (κ1) is 10.7. The Hall–Kier alpha value is -0.800. The monoisotopic (exact) mass is 225 g/mol. The number of hydrogen-bond donors (Lipinski definition) is 0. The van der Waals surface area contributed by atoms with Crippen LogP contribution < -0.4 is 5.01 Å². The molecule has 0 radical (unpaired) electrons. The van der Waals surface area contributed by atoms with Crippen molar-refractivity contribution in [3.05, 3.63) is 23.0 Å². The van der Waals surface area contributed by atoms with E-state index >= 15 is 0 Å². The van der Waals surface area contributed by atoms with Crippen LogP contribution in [0.1, 0.15) is 18.4 Å². The molecule has 0 aromatic carbocycles. The molecule has 0 spiro atoms. The molecule has 0 N–H and O–H groups in total. The quantitative estimate of drug-likeness (QED) is 0.721. The van der Waals surface area contributed by atoms with E-state index < -0.39 is 0 Å². The summed E-state index contributed by atoms with van der Waals surface area (Å²) in [6, 6.07) is 2.08. The maximum absolute atomic E-state index is 5.90. The third kappa shape index (κ3) is 2.24. The van der Waals surface area contributed by atoms with Crippen LogP contribution in [-0.4, -0.2) is 30.1 Å². The molecule has 15 heavy (non-hydrogen) atoms. The van der Waals surface area contributed by atoms with E-state index in [4.69, 9.17) is 11.6 Å². The summed E-state index contributed by atoms with van der Waals surface area (Å²) in [5, 5.41) is 5.10. The minimum Gasteiger partial charge on any atom is -0.307 e. The Kier molecular flexibility index (Phi) is 3.12. The fourth-order valence-electron chi connectivity index (χ4n) is 1.88. The lowest BCUT2D eigenvalue weighted by atomic mass is 10.3. The highest BCUT2D eigenvalue weighted by molar-refractivity contribution is 6.30. The van der Waals surface area contributed by atoms with E-state index in [0.29, 0.717) is 5.15 Å². The summed E-state index contributed by atoms with van der Waals surface area (Å²) in [7, 11) is 2.08. The molecule has 0 amide bonds. The Morgan fingerprint density at radius 3 is 2.67 bits per heavy atom. The smallest absolute Gasteiger partial charge is 0.132 e. The fourth-order valence-corrected chi connectivity index (χ4v) is 1.99. The normalized spacial score (nSPS) is 17.0. The number of nitrogens with zero attached hydrogens (tertiary/aromatic N) is 3. The number of hydrazine groups is 1. The van der Waals surface area contributed by atoms with Gasteiger partial charge >= 0.3 is 0 Å². The fraction of sp³-hybridized carbons (Fsp3) is 0.545. The van der Waals surface area contributed by atoms with E-state index in [-0.39, 0.29) is 0 Å². The highest BCUT2D eigenvalue weighted by Gasteiger charge is 2.17. The van der Waals surface area contributed by atoms with E-state index in [2.05, 4.69) is 28.1 Å². The molecule has 2 rings (SSSR count). The first-order valence-electron chi connectivity index (χ1n) is 5.29. The molecule has 0 atom stereocenters. The van der Waals surface area contributed by atoms with Crippen molar-refractivity contribution < 1.29 is 0 Å². The number of halogens is 1. The molecule has 0 unspecified atom stereocenters. The highest BCUT2D eigenvalue weighted by atomic mass is 35.5. The summed E-state index contributed by atoms with van der Waals surface area (Å²) in [5.41, 5.74) is 2.14. The molecular formula is C11H16ClN3. The van der Waals surface area contributed by atoms with Crippen LogP contribution in [0.3, 0.4) is 0 Å².